The lowest BCUT2D eigenvalue weighted by Crippen LogP contribution is -2.25. The molecule has 1 atom stereocenters. The van der Waals surface area contributed by atoms with E-state index < -0.39 is 6.61 Å². The van der Waals surface area contributed by atoms with Gasteiger partial charge < -0.3 is 10.1 Å². The third-order valence-electron chi connectivity index (χ3n) is 3.88. The normalized spacial score (nSPS) is 17.5. The van der Waals surface area contributed by atoms with Gasteiger partial charge in [-0.2, -0.15) is 13.9 Å². The summed E-state index contributed by atoms with van der Waals surface area (Å²) in [5, 5.41) is 7.86. The molecule has 1 aromatic carbocycles. The van der Waals surface area contributed by atoms with Crippen LogP contribution in [0.4, 0.5) is 14.6 Å². The van der Waals surface area contributed by atoms with E-state index in [4.69, 9.17) is 0 Å². The number of rotatable bonds is 3. The van der Waals surface area contributed by atoms with E-state index >= 15 is 0 Å². The van der Waals surface area contributed by atoms with Crippen LogP contribution in [0.1, 0.15) is 29.3 Å². The van der Waals surface area contributed by atoms with Gasteiger partial charge >= 0.3 is 6.61 Å². The van der Waals surface area contributed by atoms with E-state index in [1.165, 1.54) is 0 Å². The lowest BCUT2D eigenvalue weighted by atomic mass is 10.0. The van der Waals surface area contributed by atoms with Crippen LogP contribution in [-0.2, 0) is 0 Å². The molecule has 0 spiro atoms. The monoisotopic (exact) mass is 293 g/mol. The van der Waals surface area contributed by atoms with Gasteiger partial charge in [0.25, 0.3) is 0 Å². The first-order chi connectivity index (χ1) is 10.1. The molecule has 0 bridgehead atoms. The molecule has 3 rings (SSSR count). The third-order valence-corrected chi connectivity index (χ3v) is 3.88. The highest BCUT2D eigenvalue weighted by atomic mass is 19.3. The molecular formula is C15H17F2N3O. The highest BCUT2D eigenvalue weighted by molar-refractivity contribution is 5.50. The zero-order valence-electron chi connectivity index (χ0n) is 11.9. The molecule has 1 aromatic heterocycles. The fraction of sp³-hybridized carbons (Fsp3) is 0.400. The standard InChI is InChI=1S/C15H17F2N3O/c1-9-10(2)19-20-12(7-8-18-14(9)20)11-5-3-4-6-13(11)21-15(16)17/h3-6,12,15,18H,7-8H2,1-2H3. The quantitative estimate of drug-likeness (QED) is 0.941. The molecule has 0 amide bonds. The number of benzene rings is 1. The maximum atomic E-state index is 12.6. The number of anilines is 1. The van der Waals surface area contributed by atoms with Crippen LogP contribution in [0.15, 0.2) is 24.3 Å². The molecule has 6 heteroatoms. The molecule has 21 heavy (non-hydrogen) atoms. The smallest absolute Gasteiger partial charge is 0.387 e. The van der Waals surface area contributed by atoms with Crippen molar-refractivity contribution in [2.75, 3.05) is 11.9 Å². The molecule has 0 radical (unpaired) electrons. The summed E-state index contributed by atoms with van der Waals surface area (Å²) in [5.74, 6) is 1.17. The van der Waals surface area contributed by atoms with E-state index in [-0.39, 0.29) is 11.8 Å². The van der Waals surface area contributed by atoms with E-state index in [0.29, 0.717) is 0 Å². The number of hydrogen-bond donors (Lipinski definition) is 1. The van der Waals surface area contributed by atoms with Crippen molar-refractivity contribution < 1.29 is 13.5 Å². The van der Waals surface area contributed by atoms with Crippen molar-refractivity contribution in [1.82, 2.24) is 9.78 Å². The van der Waals surface area contributed by atoms with Gasteiger partial charge in [-0.05, 0) is 26.3 Å². The summed E-state index contributed by atoms with van der Waals surface area (Å²) >= 11 is 0. The molecule has 112 valence electrons. The summed E-state index contributed by atoms with van der Waals surface area (Å²) in [6.45, 7) is 1.90. The predicted molar refractivity (Wildman–Crippen MR) is 76.0 cm³/mol. The number of fused-ring (bicyclic) bond motifs is 1. The highest BCUT2D eigenvalue weighted by Crippen LogP contribution is 2.36. The molecule has 2 aromatic rings. The number of nitrogens with one attached hydrogen (secondary N) is 1. The number of aryl methyl sites for hydroxylation is 1. The Bertz CT molecular complexity index is 654. The lowest BCUT2D eigenvalue weighted by Gasteiger charge is -2.27. The van der Waals surface area contributed by atoms with Crippen molar-refractivity contribution in [2.45, 2.75) is 32.9 Å². The van der Waals surface area contributed by atoms with Crippen LogP contribution in [0.3, 0.4) is 0 Å². The zero-order valence-corrected chi connectivity index (χ0v) is 11.9. The van der Waals surface area contributed by atoms with Crippen molar-refractivity contribution in [3.05, 3.63) is 41.1 Å². The number of hydrogen-bond acceptors (Lipinski definition) is 3. The molecule has 1 unspecified atom stereocenters. The van der Waals surface area contributed by atoms with Gasteiger partial charge in [0.1, 0.15) is 11.6 Å². The lowest BCUT2D eigenvalue weighted by molar-refractivity contribution is -0.0507. The molecule has 1 aliphatic rings. The van der Waals surface area contributed by atoms with E-state index in [9.17, 15) is 8.78 Å². The molecule has 0 fully saturated rings. The molecule has 4 nitrogen and oxygen atoms in total. The summed E-state index contributed by atoms with van der Waals surface area (Å²) in [5.41, 5.74) is 2.77. The second-order valence-electron chi connectivity index (χ2n) is 5.15. The van der Waals surface area contributed by atoms with Crippen molar-refractivity contribution >= 4 is 5.82 Å². The van der Waals surface area contributed by atoms with Crippen LogP contribution in [0, 0.1) is 13.8 Å². The van der Waals surface area contributed by atoms with Crippen molar-refractivity contribution in [3.63, 3.8) is 0 Å². The summed E-state index contributed by atoms with van der Waals surface area (Å²) in [7, 11) is 0. The van der Waals surface area contributed by atoms with Gasteiger partial charge in [-0.1, -0.05) is 18.2 Å². The zero-order chi connectivity index (χ0) is 15.0. The van der Waals surface area contributed by atoms with Crippen LogP contribution in [0.5, 0.6) is 5.75 Å². The molecule has 0 saturated carbocycles. The topological polar surface area (TPSA) is 39.1 Å². The van der Waals surface area contributed by atoms with Gasteiger partial charge in [-0.25, -0.2) is 4.68 Å². The van der Waals surface area contributed by atoms with E-state index in [1.807, 2.05) is 30.7 Å². The fourth-order valence-electron chi connectivity index (χ4n) is 2.76. The Hall–Kier alpha value is -2.11. The molecule has 1 N–H and O–H groups in total. The van der Waals surface area contributed by atoms with Gasteiger partial charge in [0.2, 0.25) is 0 Å². The Labute approximate surface area is 121 Å². The predicted octanol–water partition coefficient (Wildman–Crippen LogP) is 3.51. The minimum Gasteiger partial charge on any atom is -0.434 e. The third kappa shape index (κ3) is 2.46. The Morgan fingerprint density at radius 2 is 2.10 bits per heavy atom. The van der Waals surface area contributed by atoms with Crippen molar-refractivity contribution in [1.29, 1.82) is 0 Å². The van der Waals surface area contributed by atoms with E-state index in [1.54, 1.807) is 12.1 Å². The summed E-state index contributed by atoms with van der Waals surface area (Å²) in [6.07, 6.45) is 0.775. The Kier molecular flexibility index (Phi) is 3.53. The Morgan fingerprint density at radius 1 is 1.33 bits per heavy atom. The van der Waals surface area contributed by atoms with E-state index in [2.05, 4.69) is 15.2 Å². The number of nitrogens with zero attached hydrogens (tertiary/aromatic N) is 2. The highest BCUT2D eigenvalue weighted by Gasteiger charge is 2.27. The summed E-state index contributed by atoms with van der Waals surface area (Å²) in [4.78, 5) is 0. The fourth-order valence-corrected chi connectivity index (χ4v) is 2.76. The maximum absolute atomic E-state index is 12.6. The van der Waals surface area contributed by atoms with Gasteiger partial charge in [0.05, 0.1) is 11.7 Å². The van der Waals surface area contributed by atoms with Gasteiger partial charge in [-0.3, -0.25) is 0 Å². The minimum absolute atomic E-state index is 0.0939. The average molecular weight is 293 g/mol. The van der Waals surface area contributed by atoms with E-state index in [0.717, 1.165) is 35.6 Å². The number of halogens is 2. The van der Waals surface area contributed by atoms with Crippen molar-refractivity contribution in [2.24, 2.45) is 0 Å². The number of alkyl halides is 2. The second kappa shape index (κ2) is 5.35. The van der Waals surface area contributed by atoms with Crippen LogP contribution >= 0.6 is 0 Å². The summed E-state index contributed by atoms with van der Waals surface area (Å²) < 4.78 is 31.7. The molecule has 2 heterocycles. The van der Waals surface area contributed by atoms with Crippen LogP contribution < -0.4 is 10.1 Å². The minimum atomic E-state index is -2.83. The first-order valence-electron chi connectivity index (χ1n) is 6.91. The number of aromatic nitrogens is 2. The first kappa shape index (κ1) is 13.9. The molecular weight excluding hydrogens is 276 g/mol. The van der Waals surface area contributed by atoms with Crippen LogP contribution in [-0.4, -0.2) is 22.9 Å². The Balaban J connectivity index is 2.05. The molecule has 0 saturated heterocycles. The maximum Gasteiger partial charge on any atom is 0.387 e. The number of ether oxygens (including phenoxy) is 1. The summed E-state index contributed by atoms with van der Waals surface area (Å²) in [6, 6.07) is 6.83. The molecule has 0 aliphatic carbocycles. The largest absolute Gasteiger partial charge is 0.434 e. The van der Waals surface area contributed by atoms with Gasteiger partial charge in [0.15, 0.2) is 0 Å². The van der Waals surface area contributed by atoms with Gasteiger partial charge in [0, 0.05) is 17.7 Å². The number of para-hydroxylation sites is 1. The van der Waals surface area contributed by atoms with Crippen molar-refractivity contribution in [3.8, 4) is 5.75 Å². The first-order valence-corrected chi connectivity index (χ1v) is 6.91. The average Bonchev–Trinajstić information content (AvgIpc) is 2.75. The SMILES string of the molecule is Cc1nn2c(c1C)NCCC2c1ccccc1OC(F)F. The Morgan fingerprint density at radius 3 is 2.86 bits per heavy atom. The van der Waals surface area contributed by atoms with Crippen LogP contribution in [0.2, 0.25) is 0 Å². The second-order valence-corrected chi connectivity index (χ2v) is 5.15. The van der Waals surface area contributed by atoms with Gasteiger partial charge in [-0.15, -0.1) is 0 Å². The van der Waals surface area contributed by atoms with Crippen LogP contribution in [0.25, 0.3) is 0 Å². The molecule has 1 aliphatic heterocycles.